The Morgan fingerprint density at radius 2 is 1.83 bits per heavy atom. The minimum atomic E-state index is -0.275. The highest BCUT2D eigenvalue weighted by atomic mass is 16.3. The summed E-state index contributed by atoms with van der Waals surface area (Å²) in [6.07, 6.45) is 4.38. The summed E-state index contributed by atoms with van der Waals surface area (Å²) in [5, 5.41) is 9.75. The molecule has 0 radical (unpaired) electrons. The summed E-state index contributed by atoms with van der Waals surface area (Å²) in [5.41, 5.74) is 5.76. The maximum atomic E-state index is 9.75. The van der Waals surface area contributed by atoms with Crippen LogP contribution in [0.3, 0.4) is 0 Å². The second-order valence-electron chi connectivity index (χ2n) is 4.04. The van der Waals surface area contributed by atoms with Crippen molar-refractivity contribution in [3.8, 4) is 0 Å². The molecule has 0 amide bonds. The highest BCUT2D eigenvalue weighted by Gasteiger charge is 2.36. The van der Waals surface area contributed by atoms with E-state index in [9.17, 15) is 5.11 Å². The van der Waals surface area contributed by atoms with Crippen molar-refractivity contribution < 1.29 is 5.11 Å². The fourth-order valence-corrected chi connectivity index (χ4v) is 2.46. The number of nitrogens with two attached hydrogens (primary N) is 1. The lowest BCUT2D eigenvalue weighted by molar-refractivity contribution is 0.0758. The van der Waals surface area contributed by atoms with Gasteiger partial charge in [-0.15, -0.1) is 0 Å². The maximum Gasteiger partial charge on any atom is 0.0845 e. The van der Waals surface area contributed by atoms with Crippen LogP contribution in [0.4, 0.5) is 0 Å². The van der Waals surface area contributed by atoms with Gasteiger partial charge in [-0.2, -0.15) is 0 Å². The Kier molecular flexibility index (Phi) is 2.35. The van der Waals surface area contributed by atoms with Crippen molar-refractivity contribution >= 4 is 0 Å². The molecular weight excluding hydrogens is 152 g/mol. The molecule has 0 aromatic carbocycles. The summed E-state index contributed by atoms with van der Waals surface area (Å²) in [7, 11) is 0. The monoisotopic (exact) mass is 170 g/mol. The SMILES string of the molecule is N[C@@H]1CC[C@@H](N2CCCC2)[C@@H]1O. The molecule has 2 rings (SSSR count). The van der Waals surface area contributed by atoms with Gasteiger partial charge in [0.2, 0.25) is 0 Å². The summed E-state index contributed by atoms with van der Waals surface area (Å²) in [6, 6.07) is 0.387. The summed E-state index contributed by atoms with van der Waals surface area (Å²) < 4.78 is 0. The van der Waals surface area contributed by atoms with E-state index in [2.05, 4.69) is 4.90 Å². The number of likely N-dealkylation sites (tertiary alicyclic amines) is 1. The zero-order chi connectivity index (χ0) is 8.55. The van der Waals surface area contributed by atoms with E-state index in [0.29, 0.717) is 6.04 Å². The summed E-state index contributed by atoms with van der Waals surface area (Å²) in [5.74, 6) is 0. The normalized spacial score (nSPS) is 44.0. The average molecular weight is 170 g/mol. The number of nitrogens with zero attached hydrogens (tertiary/aromatic N) is 1. The Bertz CT molecular complexity index is 157. The third-order valence-electron chi connectivity index (χ3n) is 3.24. The number of hydrogen-bond acceptors (Lipinski definition) is 3. The van der Waals surface area contributed by atoms with Gasteiger partial charge in [-0.25, -0.2) is 0 Å². The van der Waals surface area contributed by atoms with E-state index in [0.717, 1.165) is 25.9 Å². The molecule has 3 atom stereocenters. The first kappa shape index (κ1) is 8.48. The number of hydrogen-bond donors (Lipinski definition) is 2. The van der Waals surface area contributed by atoms with Gasteiger partial charge in [0.05, 0.1) is 6.10 Å². The third kappa shape index (κ3) is 1.37. The molecule has 2 fully saturated rings. The lowest BCUT2D eigenvalue weighted by Crippen LogP contribution is -2.44. The van der Waals surface area contributed by atoms with Crippen LogP contribution >= 0.6 is 0 Å². The van der Waals surface area contributed by atoms with E-state index in [-0.39, 0.29) is 12.1 Å². The molecule has 3 N–H and O–H groups in total. The number of aliphatic hydroxyl groups is 1. The van der Waals surface area contributed by atoms with Crippen LogP contribution in [0.1, 0.15) is 25.7 Å². The molecule has 1 saturated heterocycles. The van der Waals surface area contributed by atoms with Crippen molar-refractivity contribution in [1.29, 1.82) is 0 Å². The molecule has 1 saturated carbocycles. The second-order valence-corrected chi connectivity index (χ2v) is 4.04. The van der Waals surface area contributed by atoms with E-state index >= 15 is 0 Å². The van der Waals surface area contributed by atoms with Gasteiger partial charge in [0.25, 0.3) is 0 Å². The van der Waals surface area contributed by atoms with E-state index in [1.54, 1.807) is 0 Å². The molecule has 0 spiro atoms. The molecule has 3 nitrogen and oxygen atoms in total. The third-order valence-corrected chi connectivity index (χ3v) is 3.24. The Hall–Kier alpha value is -0.120. The van der Waals surface area contributed by atoms with Gasteiger partial charge in [0.15, 0.2) is 0 Å². The predicted molar refractivity (Wildman–Crippen MR) is 47.8 cm³/mol. The molecule has 12 heavy (non-hydrogen) atoms. The first-order valence-electron chi connectivity index (χ1n) is 4.97. The highest BCUT2D eigenvalue weighted by Crippen LogP contribution is 2.26. The van der Waals surface area contributed by atoms with Crippen LogP contribution in [0.2, 0.25) is 0 Å². The van der Waals surface area contributed by atoms with Crippen molar-refractivity contribution in [2.75, 3.05) is 13.1 Å². The predicted octanol–water partition coefficient (Wildman–Crippen LogP) is -0.0672. The Labute approximate surface area is 73.5 Å². The molecule has 0 unspecified atom stereocenters. The fraction of sp³-hybridized carbons (Fsp3) is 1.00. The molecule has 0 aromatic rings. The summed E-state index contributed by atoms with van der Waals surface area (Å²) in [6.45, 7) is 2.32. The minimum Gasteiger partial charge on any atom is -0.390 e. The standard InChI is InChI=1S/C9H18N2O/c10-7-3-4-8(9(7)12)11-5-1-2-6-11/h7-9,12H,1-6,10H2/t7-,8-,9-/m1/s1. The van der Waals surface area contributed by atoms with Crippen molar-refractivity contribution in [3.63, 3.8) is 0 Å². The van der Waals surface area contributed by atoms with Gasteiger partial charge in [0, 0.05) is 12.1 Å². The van der Waals surface area contributed by atoms with Crippen LogP contribution in [-0.2, 0) is 0 Å². The van der Waals surface area contributed by atoms with Gasteiger partial charge in [-0.05, 0) is 38.8 Å². The van der Waals surface area contributed by atoms with Crippen molar-refractivity contribution in [3.05, 3.63) is 0 Å². The molecule has 1 heterocycles. The van der Waals surface area contributed by atoms with Crippen LogP contribution in [0.25, 0.3) is 0 Å². The van der Waals surface area contributed by atoms with Crippen LogP contribution in [-0.4, -0.2) is 41.3 Å². The van der Waals surface area contributed by atoms with Crippen LogP contribution < -0.4 is 5.73 Å². The zero-order valence-corrected chi connectivity index (χ0v) is 7.45. The molecule has 1 aliphatic carbocycles. The molecule has 1 aliphatic heterocycles. The first-order valence-corrected chi connectivity index (χ1v) is 4.97. The van der Waals surface area contributed by atoms with Crippen molar-refractivity contribution in [1.82, 2.24) is 4.90 Å². The molecular formula is C9H18N2O. The quantitative estimate of drug-likeness (QED) is 0.579. The van der Waals surface area contributed by atoms with E-state index in [4.69, 9.17) is 5.73 Å². The minimum absolute atomic E-state index is 0.0237. The first-order chi connectivity index (χ1) is 5.79. The summed E-state index contributed by atoms with van der Waals surface area (Å²) in [4.78, 5) is 2.40. The Balaban J connectivity index is 1.95. The molecule has 0 aromatic heterocycles. The van der Waals surface area contributed by atoms with E-state index in [1.165, 1.54) is 12.8 Å². The lowest BCUT2D eigenvalue weighted by Gasteiger charge is -2.26. The lowest BCUT2D eigenvalue weighted by atomic mass is 10.1. The molecule has 3 heteroatoms. The zero-order valence-electron chi connectivity index (χ0n) is 7.45. The Morgan fingerprint density at radius 3 is 2.33 bits per heavy atom. The Morgan fingerprint density at radius 1 is 1.17 bits per heavy atom. The molecule has 0 bridgehead atoms. The number of rotatable bonds is 1. The van der Waals surface area contributed by atoms with E-state index in [1.807, 2.05) is 0 Å². The molecule has 2 aliphatic rings. The van der Waals surface area contributed by atoms with Gasteiger partial charge in [0.1, 0.15) is 0 Å². The van der Waals surface area contributed by atoms with Crippen LogP contribution in [0, 0.1) is 0 Å². The smallest absolute Gasteiger partial charge is 0.0845 e. The van der Waals surface area contributed by atoms with E-state index < -0.39 is 0 Å². The van der Waals surface area contributed by atoms with Crippen LogP contribution in [0.5, 0.6) is 0 Å². The largest absolute Gasteiger partial charge is 0.390 e. The van der Waals surface area contributed by atoms with Gasteiger partial charge >= 0.3 is 0 Å². The number of aliphatic hydroxyl groups excluding tert-OH is 1. The molecule has 70 valence electrons. The highest BCUT2D eigenvalue weighted by molar-refractivity contribution is 4.94. The maximum absolute atomic E-state index is 9.75. The van der Waals surface area contributed by atoms with Crippen LogP contribution in [0.15, 0.2) is 0 Å². The second kappa shape index (κ2) is 3.32. The average Bonchev–Trinajstić information content (AvgIpc) is 2.64. The fourth-order valence-electron chi connectivity index (χ4n) is 2.46. The van der Waals surface area contributed by atoms with Gasteiger partial charge in [-0.1, -0.05) is 0 Å². The van der Waals surface area contributed by atoms with Gasteiger partial charge < -0.3 is 10.8 Å². The van der Waals surface area contributed by atoms with Crippen molar-refractivity contribution in [2.45, 2.75) is 43.9 Å². The van der Waals surface area contributed by atoms with Gasteiger partial charge in [-0.3, -0.25) is 4.90 Å². The van der Waals surface area contributed by atoms with Crippen molar-refractivity contribution in [2.24, 2.45) is 5.73 Å². The summed E-state index contributed by atoms with van der Waals surface area (Å²) >= 11 is 0. The topological polar surface area (TPSA) is 49.5 Å².